The number of Topliss-reactive ketones (excluding diaryl/α,β-unsaturated/α-hetero) is 1. The van der Waals surface area contributed by atoms with E-state index in [-0.39, 0.29) is 24.0 Å². The van der Waals surface area contributed by atoms with Crippen LogP contribution >= 0.6 is 11.3 Å². The largest absolute Gasteiger partial charge is 0.497 e. The molecule has 0 fully saturated rings. The molecule has 146 valence electrons. The zero-order valence-electron chi connectivity index (χ0n) is 16.0. The monoisotopic (exact) mass is 400 g/mol. The van der Waals surface area contributed by atoms with Gasteiger partial charge in [0, 0.05) is 5.56 Å². The molecule has 0 aliphatic carbocycles. The van der Waals surface area contributed by atoms with Crippen LogP contribution in [0.5, 0.6) is 5.75 Å². The number of esters is 1. The van der Waals surface area contributed by atoms with Gasteiger partial charge in [-0.3, -0.25) is 14.2 Å². The minimum Gasteiger partial charge on any atom is -0.497 e. The topological polar surface area (TPSA) is 87.5 Å². The summed E-state index contributed by atoms with van der Waals surface area (Å²) in [7, 11) is 1.52. The maximum absolute atomic E-state index is 12.9. The third kappa shape index (κ3) is 3.82. The van der Waals surface area contributed by atoms with Crippen LogP contribution in [0.2, 0.25) is 0 Å². The number of hydrogen-bond acceptors (Lipinski definition) is 7. The fourth-order valence-corrected chi connectivity index (χ4v) is 3.80. The Morgan fingerprint density at radius 2 is 2.04 bits per heavy atom. The lowest BCUT2D eigenvalue weighted by molar-refractivity contribution is 0.0383. The standard InChI is InChI=1S/C20H20N2O5S/c1-11(2)27-20(25)17-12(3)16-18(28-17)21-10-22(19(16)24)9-15(23)13-6-5-7-14(8-13)26-4/h5-8,10-11H,9H2,1-4H3. The summed E-state index contributed by atoms with van der Waals surface area (Å²) in [6.45, 7) is 5.05. The van der Waals surface area contributed by atoms with Gasteiger partial charge < -0.3 is 9.47 Å². The molecule has 7 nitrogen and oxygen atoms in total. The van der Waals surface area contributed by atoms with Gasteiger partial charge in [0.25, 0.3) is 5.56 Å². The summed E-state index contributed by atoms with van der Waals surface area (Å²) < 4.78 is 11.6. The number of ether oxygens (including phenoxy) is 2. The molecular formula is C20H20N2O5S. The number of rotatable bonds is 6. The number of carbonyl (C=O) groups is 2. The SMILES string of the molecule is COc1cccc(C(=O)Cn2cnc3sc(C(=O)OC(C)C)c(C)c3c2=O)c1. The Morgan fingerprint density at radius 3 is 2.71 bits per heavy atom. The van der Waals surface area contributed by atoms with Crippen LogP contribution in [0.25, 0.3) is 10.2 Å². The molecule has 1 aromatic carbocycles. The van der Waals surface area contributed by atoms with Crippen molar-refractivity contribution in [1.29, 1.82) is 0 Å². The van der Waals surface area contributed by atoms with Gasteiger partial charge in [0.15, 0.2) is 5.78 Å². The predicted molar refractivity (Wildman–Crippen MR) is 106 cm³/mol. The Balaban J connectivity index is 1.96. The molecule has 0 N–H and O–H groups in total. The number of benzene rings is 1. The van der Waals surface area contributed by atoms with E-state index < -0.39 is 5.97 Å². The summed E-state index contributed by atoms with van der Waals surface area (Å²) in [5.74, 6) is -0.155. The Labute approximate surface area is 165 Å². The van der Waals surface area contributed by atoms with Crippen LogP contribution in [0.3, 0.4) is 0 Å². The van der Waals surface area contributed by atoms with Crippen molar-refractivity contribution >= 4 is 33.3 Å². The molecule has 3 aromatic rings. The summed E-state index contributed by atoms with van der Waals surface area (Å²) in [5.41, 5.74) is 0.597. The first-order valence-corrected chi connectivity index (χ1v) is 9.50. The van der Waals surface area contributed by atoms with Gasteiger partial charge in [-0.25, -0.2) is 9.78 Å². The van der Waals surface area contributed by atoms with E-state index in [1.165, 1.54) is 18.0 Å². The number of carbonyl (C=O) groups excluding carboxylic acids is 2. The number of aromatic nitrogens is 2. The van der Waals surface area contributed by atoms with Gasteiger partial charge in [-0.2, -0.15) is 0 Å². The Hall–Kier alpha value is -3.00. The van der Waals surface area contributed by atoms with Gasteiger partial charge in [-0.15, -0.1) is 11.3 Å². The van der Waals surface area contributed by atoms with E-state index in [0.29, 0.717) is 32.0 Å². The number of ketones is 1. The number of aryl methyl sites for hydroxylation is 1. The number of hydrogen-bond donors (Lipinski definition) is 0. The van der Waals surface area contributed by atoms with Gasteiger partial charge in [-0.1, -0.05) is 12.1 Å². The molecule has 2 aromatic heterocycles. The first-order valence-electron chi connectivity index (χ1n) is 8.68. The number of methoxy groups -OCH3 is 1. The van der Waals surface area contributed by atoms with E-state index in [4.69, 9.17) is 9.47 Å². The van der Waals surface area contributed by atoms with Gasteiger partial charge in [0.2, 0.25) is 0 Å². The van der Waals surface area contributed by atoms with Crippen molar-refractivity contribution in [2.45, 2.75) is 33.4 Å². The maximum atomic E-state index is 12.9. The molecule has 8 heteroatoms. The van der Waals surface area contributed by atoms with E-state index >= 15 is 0 Å². The van der Waals surface area contributed by atoms with Crippen LogP contribution in [0, 0.1) is 6.92 Å². The van der Waals surface area contributed by atoms with Gasteiger partial charge in [0.05, 0.1) is 31.5 Å². The summed E-state index contributed by atoms with van der Waals surface area (Å²) in [6.07, 6.45) is 1.07. The molecule has 0 amide bonds. The lowest BCUT2D eigenvalue weighted by Crippen LogP contribution is -2.24. The van der Waals surface area contributed by atoms with Crippen molar-refractivity contribution < 1.29 is 19.1 Å². The average molecular weight is 400 g/mol. The van der Waals surface area contributed by atoms with E-state index in [0.717, 1.165) is 11.3 Å². The van der Waals surface area contributed by atoms with Gasteiger partial charge in [-0.05, 0) is 38.5 Å². The van der Waals surface area contributed by atoms with Crippen molar-refractivity contribution in [1.82, 2.24) is 9.55 Å². The third-order valence-corrected chi connectivity index (χ3v) is 5.33. The molecule has 2 heterocycles. The number of fused-ring (bicyclic) bond motifs is 1. The fraction of sp³-hybridized carbons (Fsp3) is 0.300. The Kier molecular flexibility index (Phi) is 5.60. The van der Waals surface area contributed by atoms with E-state index in [9.17, 15) is 14.4 Å². The van der Waals surface area contributed by atoms with Crippen molar-refractivity contribution in [3.63, 3.8) is 0 Å². The number of thiophene rings is 1. The second kappa shape index (κ2) is 7.93. The fourth-order valence-electron chi connectivity index (χ4n) is 2.78. The Bertz CT molecular complexity index is 1110. The minimum atomic E-state index is -0.478. The molecule has 0 aliphatic rings. The van der Waals surface area contributed by atoms with Gasteiger partial charge in [0.1, 0.15) is 15.5 Å². The van der Waals surface area contributed by atoms with E-state index in [1.54, 1.807) is 45.0 Å². The normalized spacial score (nSPS) is 11.0. The first kappa shape index (κ1) is 19.8. The molecule has 0 bridgehead atoms. The van der Waals surface area contributed by atoms with Crippen molar-refractivity contribution in [2.75, 3.05) is 7.11 Å². The highest BCUT2D eigenvalue weighted by Crippen LogP contribution is 2.27. The predicted octanol–water partition coefficient (Wildman–Crippen LogP) is 3.22. The maximum Gasteiger partial charge on any atom is 0.348 e. The summed E-state index contributed by atoms with van der Waals surface area (Å²) in [6, 6.07) is 6.74. The number of nitrogens with zero attached hydrogens (tertiary/aromatic N) is 2. The third-order valence-electron chi connectivity index (χ3n) is 4.15. The van der Waals surface area contributed by atoms with Crippen LogP contribution in [-0.2, 0) is 11.3 Å². The summed E-state index contributed by atoms with van der Waals surface area (Å²) >= 11 is 1.12. The highest BCUT2D eigenvalue weighted by Gasteiger charge is 2.22. The Morgan fingerprint density at radius 1 is 1.29 bits per heavy atom. The molecule has 0 saturated heterocycles. The zero-order chi connectivity index (χ0) is 20.4. The average Bonchev–Trinajstić information content (AvgIpc) is 3.01. The zero-order valence-corrected chi connectivity index (χ0v) is 16.8. The van der Waals surface area contributed by atoms with Crippen molar-refractivity contribution in [2.24, 2.45) is 0 Å². The van der Waals surface area contributed by atoms with Crippen molar-refractivity contribution in [3.05, 3.63) is 57.0 Å². The minimum absolute atomic E-state index is 0.157. The molecule has 0 atom stereocenters. The molecule has 0 radical (unpaired) electrons. The van der Waals surface area contributed by atoms with Crippen LogP contribution in [-0.4, -0.2) is 34.5 Å². The molecule has 3 rings (SSSR count). The summed E-state index contributed by atoms with van der Waals surface area (Å²) in [4.78, 5) is 42.8. The molecule has 28 heavy (non-hydrogen) atoms. The molecule has 0 spiro atoms. The second-order valence-electron chi connectivity index (χ2n) is 6.52. The molecule has 0 saturated carbocycles. The molecule has 0 aliphatic heterocycles. The van der Waals surface area contributed by atoms with Crippen LogP contribution in [0.1, 0.15) is 39.4 Å². The lowest BCUT2D eigenvalue weighted by atomic mass is 10.1. The van der Waals surface area contributed by atoms with Crippen LogP contribution in [0.15, 0.2) is 35.4 Å². The first-order chi connectivity index (χ1) is 13.3. The highest BCUT2D eigenvalue weighted by molar-refractivity contribution is 7.20. The smallest absolute Gasteiger partial charge is 0.348 e. The van der Waals surface area contributed by atoms with E-state index in [1.807, 2.05) is 0 Å². The van der Waals surface area contributed by atoms with E-state index in [2.05, 4.69) is 4.98 Å². The second-order valence-corrected chi connectivity index (χ2v) is 7.52. The molecule has 0 unspecified atom stereocenters. The summed E-state index contributed by atoms with van der Waals surface area (Å²) in [5, 5.41) is 0.335. The van der Waals surface area contributed by atoms with Crippen LogP contribution < -0.4 is 10.3 Å². The molecular weight excluding hydrogens is 380 g/mol. The van der Waals surface area contributed by atoms with Crippen LogP contribution in [0.4, 0.5) is 0 Å². The lowest BCUT2D eigenvalue weighted by Gasteiger charge is -2.07. The quantitative estimate of drug-likeness (QED) is 0.466. The highest BCUT2D eigenvalue weighted by atomic mass is 32.1. The van der Waals surface area contributed by atoms with Gasteiger partial charge >= 0.3 is 5.97 Å². The van der Waals surface area contributed by atoms with Crippen molar-refractivity contribution in [3.8, 4) is 5.75 Å².